The van der Waals surface area contributed by atoms with Crippen LogP contribution in [0.15, 0.2) is 42.5 Å². The predicted octanol–water partition coefficient (Wildman–Crippen LogP) is 4.25. The minimum Gasteiger partial charge on any atom is -0.317 e. The number of rotatable bonds is 4. The van der Waals surface area contributed by atoms with E-state index in [0.29, 0.717) is 0 Å². The van der Waals surface area contributed by atoms with Gasteiger partial charge >= 0.3 is 6.03 Å². The van der Waals surface area contributed by atoms with Crippen LogP contribution in [0.25, 0.3) is 0 Å². The fourth-order valence-corrected chi connectivity index (χ4v) is 4.21. The van der Waals surface area contributed by atoms with Gasteiger partial charge in [-0.3, -0.25) is 4.90 Å². The van der Waals surface area contributed by atoms with E-state index in [4.69, 9.17) is 0 Å². The Hall–Kier alpha value is -2.15. The molecule has 2 aliphatic rings. The highest BCUT2D eigenvalue weighted by molar-refractivity contribution is 6.00. The largest absolute Gasteiger partial charge is 0.323 e. The smallest absolute Gasteiger partial charge is 0.317 e. The normalized spacial score (nSPS) is 17.1. The van der Waals surface area contributed by atoms with Crippen molar-refractivity contribution in [1.82, 2.24) is 10.2 Å². The molecule has 1 saturated heterocycles. The molecular weight excluding hydrogens is 391 g/mol. The molecule has 29 heavy (non-hydrogen) atoms. The number of anilines is 2. The molecule has 0 aromatic heterocycles. The standard InChI is InChI=1S/C22H27FN4O.ClH/c23-19-5-1-2-6-21(19)26-22(28)25-20-7-3-4-17-15-27(13-10-18(17)20)14-16-8-11-24-12-9-16;/h1-7,16,24H,8-15H2,(H2,25,26,28);1H. The van der Waals surface area contributed by atoms with Gasteiger partial charge in [0, 0.05) is 25.3 Å². The van der Waals surface area contributed by atoms with E-state index in [1.54, 1.807) is 18.2 Å². The van der Waals surface area contributed by atoms with Gasteiger partial charge in [-0.05, 0) is 67.6 Å². The zero-order valence-electron chi connectivity index (χ0n) is 16.4. The summed E-state index contributed by atoms with van der Waals surface area (Å²) in [5.41, 5.74) is 3.45. The highest BCUT2D eigenvalue weighted by atomic mass is 35.5. The van der Waals surface area contributed by atoms with Crippen LogP contribution in [0.5, 0.6) is 0 Å². The van der Waals surface area contributed by atoms with Gasteiger partial charge in [0.2, 0.25) is 0 Å². The average Bonchev–Trinajstić information content (AvgIpc) is 2.70. The molecule has 2 amide bonds. The Morgan fingerprint density at radius 2 is 1.79 bits per heavy atom. The van der Waals surface area contributed by atoms with Crippen molar-refractivity contribution in [3.63, 3.8) is 0 Å². The van der Waals surface area contributed by atoms with Crippen molar-refractivity contribution in [2.24, 2.45) is 5.92 Å². The zero-order chi connectivity index (χ0) is 19.3. The molecule has 0 bridgehead atoms. The minimum atomic E-state index is -0.443. The van der Waals surface area contributed by atoms with E-state index in [1.807, 2.05) is 12.1 Å². The summed E-state index contributed by atoms with van der Waals surface area (Å²) in [6.07, 6.45) is 3.42. The number of carbonyl (C=O) groups is 1. The lowest BCUT2D eigenvalue weighted by atomic mass is 9.94. The molecule has 2 aromatic rings. The van der Waals surface area contributed by atoms with Gasteiger partial charge in [-0.25, -0.2) is 9.18 Å². The van der Waals surface area contributed by atoms with Crippen LogP contribution in [-0.2, 0) is 13.0 Å². The van der Waals surface area contributed by atoms with Crippen molar-refractivity contribution in [3.8, 4) is 0 Å². The van der Waals surface area contributed by atoms with Gasteiger partial charge in [0.05, 0.1) is 5.69 Å². The fraction of sp³-hybridized carbons (Fsp3) is 0.409. The maximum Gasteiger partial charge on any atom is 0.323 e. The van der Waals surface area contributed by atoms with Gasteiger partial charge < -0.3 is 16.0 Å². The SMILES string of the molecule is Cl.O=C(Nc1ccccc1F)Nc1cccc2c1CCN(CC1CCNCC1)C2. The van der Waals surface area contributed by atoms with Crippen LogP contribution in [0.1, 0.15) is 24.0 Å². The summed E-state index contributed by atoms with van der Waals surface area (Å²) in [6.45, 7) is 5.32. The number of amides is 2. The molecule has 2 heterocycles. The summed E-state index contributed by atoms with van der Waals surface area (Å²) in [4.78, 5) is 14.9. The van der Waals surface area contributed by atoms with Crippen molar-refractivity contribution in [2.75, 3.05) is 36.8 Å². The van der Waals surface area contributed by atoms with Gasteiger partial charge in [0.15, 0.2) is 0 Å². The monoisotopic (exact) mass is 418 g/mol. The summed E-state index contributed by atoms with van der Waals surface area (Å²) < 4.78 is 13.7. The van der Waals surface area contributed by atoms with Crippen LogP contribution in [0, 0.1) is 11.7 Å². The van der Waals surface area contributed by atoms with E-state index in [1.165, 1.54) is 30.0 Å². The first-order valence-electron chi connectivity index (χ1n) is 10.1. The van der Waals surface area contributed by atoms with Crippen LogP contribution in [-0.4, -0.2) is 37.1 Å². The summed E-state index contributed by atoms with van der Waals surface area (Å²) in [6, 6.07) is 11.8. The number of benzene rings is 2. The third-order valence-corrected chi connectivity index (χ3v) is 5.69. The van der Waals surface area contributed by atoms with E-state index in [9.17, 15) is 9.18 Å². The van der Waals surface area contributed by atoms with Gasteiger partial charge in [-0.15, -0.1) is 12.4 Å². The number of nitrogens with one attached hydrogen (secondary N) is 3. The quantitative estimate of drug-likeness (QED) is 0.695. The van der Waals surface area contributed by atoms with Crippen LogP contribution in [0.2, 0.25) is 0 Å². The summed E-state index contributed by atoms with van der Waals surface area (Å²) in [7, 11) is 0. The number of halogens is 2. The second-order valence-corrected chi connectivity index (χ2v) is 7.68. The molecule has 0 saturated carbocycles. The molecule has 0 aliphatic carbocycles. The highest BCUT2D eigenvalue weighted by Gasteiger charge is 2.23. The number of fused-ring (bicyclic) bond motifs is 1. The Balaban J connectivity index is 0.00000240. The van der Waals surface area contributed by atoms with E-state index < -0.39 is 11.8 Å². The van der Waals surface area contributed by atoms with Crippen molar-refractivity contribution in [3.05, 3.63) is 59.4 Å². The molecule has 1 fully saturated rings. The van der Waals surface area contributed by atoms with E-state index in [0.717, 1.165) is 50.7 Å². The van der Waals surface area contributed by atoms with Gasteiger partial charge in [-0.1, -0.05) is 24.3 Å². The van der Waals surface area contributed by atoms with E-state index in [2.05, 4.69) is 26.9 Å². The molecule has 156 valence electrons. The second-order valence-electron chi connectivity index (χ2n) is 7.68. The Labute approximate surface area is 177 Å². The molecular formula is C22H28ClFN4O. The second kappa shape index (κ2) is 10.1. The lowest BCUT2D eigenvalue weighted by Gasteiger charge is -2.34. The predicted molar refractivity (Wildman–Crippen MR) is 117 cm³/mol. The first-order chi connectivity index (χ1) is 13.7. The van der Waals surface area contributed by atoms with Crippen molar-refractivity contribution in [2.45, 2.75) is 25.8 Å². The molecule has 0 atom stereocenters. The maximum absolute atomic E-state index is 13.7. The molecule has 0 spiro atoms. The van der Waals surface area contributed by atoms with Crippen molar-refractivity contribution < 1.29 is 9.18 Å². The van der Waals surface area contributed by atoms with Gasteiger partial charge in [0.25, 0.3) is 0 Å². The molecule has 3 N–H and O–H groups in total. The molecule has 2 aromatic carbocycles. The molecule has 0 unspecified atom stereocenters. The third kappa shape index (κ3) is 5.47. The molecule has 0 radical (unpaired) electrons. The Kier molecular flexibility index (Phi) is 7.47. The Bertz CT molecular complexity index is 841. The molecule has 7 heteroatoms. The number of carbonyl (C=O) groups excluding carboxylic acids is 1. The maximum atomic E-state index is 13.7. The van der Waals surface area contributed by atoms with Crippen LogP contribution < -0.4 is 16.0 Å². The highest BCUT2D eigenvalue weighted by Crippen LogP contribution is 2.28. The number of urea groups is 1. The number of hydrogen-bond donors (Lipinski definition) is 3. The summed E-state index contributed by atoms with van der Waals surface area (Å²) in [5, 5.41) is 8.91. The average molecular weight is 419 g/mol. The number of nitrogens with zero attached hydrogens (tertiary/aromatic N) is 1. The summed E-state index contributed by atoms with van der Waals surface area (Å²) >= 11 is 0. The lowest BCUT2D eigenvalue weighted by Crippen LogP contribution is -2.38. The Morgan fingerprint density at radius 1 is 1.07 bits per heavy atom. The summed E-state index contributed by atoms with van der Waals surface area (Å²) in [5.74, 6) is 0.331. The number of piperidine rings is 1. The molecule has 5 nitrogen and oxygen atoms in total. The molecule has 4 rings (SSSR count). The topological polar surface area (TPSA) is 56.4 Å². The third-order valence-electron chi connectivity index (χ3n) is 5.69. The van der Waals surface area contributed by atoms with Crippen LogP contribution >= 0.6 is 12.4 Å². The minimum absolute atomic E-state index is 0. The van der Waals surface area contributed by atoms with E-state index in [-0.39, 0.29) is 18.1 Å². The van der Waals surface area contributed by atoms with Gasteiger partial charge in [-0.2, -0.15) is 0 Å². The zero-order valence-corrected chi connectivity index (χ0v) is 17.2. The first kappa shape index (κ1) is 21.6. The fourth-order valence-electron chi connectivity index (χ4n) is 4.21. The number of hydrogen-bond acceptors (Lipinski definition) is 3. The van der Waals surface area contributed by atoms with Crippen LogP contribution in [0.4, 0.5) is 20.6 Å². The van der Waals surface area contributed by atoms with Crippen molar-refractivity contribution >= 4 is 29.8 Å². The lowest BCUT2D eigenvalue weighted by molar-refractivity contribution is 0.191. The van der Waals surface area contributed by atoms with E-state index >= 15 is 0 Å². The first-order valence-corrected chi connectivity index (χ1v) is 10.1. The molecule has 2 aliphatic heterocycles. The Morgan fingerprint density at radius 3 is 2.59 bits per heavy atom. The van der Waals surface area contributed by atoms with Gasteiger partial charge in [0.1, 0.15) is 5.82 Å². The van der Waals surface area contributed by atoms with Crippen molar-refractivity contribution in [1.29, 1.82) is 0 Å². The number of para-hydroxylation sites is 1. The van der Waals surface area contributed by atoms with Crippen LogP contribution in [0.3, 0.4) is 0 Å².